The number of rotatable bonds is 1. The largest absolute Gasteiger partial charge is 0.456 e. The Bertz CT molecular complexity index is 2270. The molecule has 186 valence electrons. The maximum atomic E-state index is 13.7. The summed E-state index contributed by atoms with van der Waals surface area (Å²) in [5, 5.41) is 3.23. The van der Waals surface area contributed by atoms with Gasteiger partial charge >= 0.3 is 11.3 Å². The zero-order chi connectivity index (χ0) is 26.3. The first-order chi connectivity index (χ1) is 19.2. The summed E-state index contributed by atoms with van der Waals surface area (Å²) in [6, 6.07) is 37.3. The topological polar surface area (TPSA) is 73.6 Å². The Morgan fingerprint density at radius 2 is 0.974 bits per heavy atom. The average molecular weight is 509 g/mol. The molecule has 0 atom stereocenters. The van der Waals surface area contributed by atoms with E-state index in [-0.39, 0.29) is 21.9 Å². The van der Waals surface area contributed by atoms with Gasteiger partial charge in [-0.3, -0.25) is 0 Å². The Morgan fingerprint density at radius 3 is 1.62 bits per heavy atom. The molecule has 0 aliphatic carbocycles. The summed E-state index contributed by atoms with van der Waals surface area (Å²) < 4.78 is 18.2. The Balaban J connectivity index is 1.80. The van der Waals surface area contributed by atoms with Gasteiger partial charge in [-0.2, -0.15) is 0 Å². The first kappa shape index (κ1) is 22.8. The van der Waals surface area contributed by atoms with Gasteiger partial charge in [0.25, 0.3) is 0 Å². The van der Waals surface area contributed by atoms with Crippen molar-refractivity contribution in [2.75, 3.05) is 0 Å². The van der Waals surface area contributed by atoms with Crippen molar-refractivity contribution in [2.24, 2.45) is 0 Å². The molecule has 0 radical (unpaired) electrons. The van der Waals surface area contributed by atoms with Crippen LogP contribution in [0.4, 0.5) is 0 Å². The van der Waals surface area contributed by atoms with E-state index in [0.29, 0.717) is 21.9 Å². The molecule has 2 heterocycles. The predicted molar refractivity (Wildman–Crippen MR) is 155 cm³/mol. The predicted octanol–water partition coefficient (Wildman–Crippen LogP) is 8.31. The average Bonchev–Trinajstić information content (AvgIpc) is 2.98. The van der Waals surface area contributed by atoms with Crippen LogP contribution in [-0.4, -0.2) is 0 Å². The van der Waals surface area contributed by atoms with Gasteiger partial charge in [0.05, 0.1) is 0 Å². The highest BCUT2D eigenvalue weighted by molar-refractivity contribution is 6.06. The summed E-state index contributed by atoms with van der Waals surface area (Å²) in [5.41, 5.74) is 1.69. The van der Waals surface area contributed by atoms with Crippen LogP contribution in [0.3, 0.4) is 0 Å². The number of benzene rings is 6. The molecule has 5 heteroatoms. The van der Waals surface area contributed by atoms with Crippen LogP contribution in [0.2, 0.25) is 0 Å². The lowest BCUT2D eigenvalue weighted by molar-refractivity contribution is 0.490. The molecule has 0 aliphatic rings. The minimum atomic E-state index is -0.804. The van der Waals surface area contributed by atoms with Crippen molar-refractivity contribution in [1.82, 2.24) is 0 Å². The first-order valence-electron chi connectivity index (χ1n) is 12.5. The second-order valence-electron chi connectivity index (χ2n) is 9.22. The minimum absolute atomic E-state index is 0.173. The van der Waals surface area contributed by atoms with Crippen molar-refractivity contribution < 1.29 is 13.3 Å². The van der Waals surface area contributed by atoms with E-state index in [1.54, 1.807) is 18.2 Å². The van der Waals surface area contributed by atoms with Crippen molar-refractivity contribution >= 4 is 54.6 Å². The molecular formula is C34H20O5. The van der Waals surface area contributed by atoms with Gasteiger partial charge in [0, 0.05) is 5.56 Å². The molecular weight excluding hydrogens is 488 g/mol. The zero-order valence-corrected chi connectivity index (χ0v) is 20.6. The molecule has 2 aromatic heterocycles. The Morgan fingerprint density at radius 1 is 0.436 bits per heavy atom. The maximum absolute atomic E-state index is 13.7. The summed E-state index contributed by atoms with van der Waals surface area (Å²) in [6.07, 6.45) is 0. The van der Waals surface area contributed by atoms with Gasteiger partial charge in [0.1, 0.15) is 33.1 Å². The third-order valence-electron chi connectivity index (χ3n) is 6.86. The van der Waals surface area contributed by atoms with Crippen molar-refractivity contribution in [3.05, 3.63) is 142 Å². The minimum Gasteiger partial charge on any atom is -0.456 e. The van der Waals surface area contributed by atoms with Crippen LogP contribution in [0.15, 0.2) is 144 Å². The summed E-state index contributed by atoms with van der Waals surface area (Å²) >= 11 is 0. The molecule has 2 bridgehead atoms. The lowest BCUT2D eigenvalue weighted by Crippen LogP contribution is -2.08. The fraction of sp³-hybridized carbons (Fsp3) is 0. The Hall–Kier alpha value is -5.42. The van der Waals surface area contributed by atoms with E-state index in [1.807, 2.05) is 103 Å². The highest BCUT2D eigenvalue weighted by Crippen LogP contribution is 2.30. The number of fused-ring (bicyclic) bond motifs is 6. The SMILES string of the molecule is O=c1oc(=O)c2c(ccc3ccccc32)oc2ccc(cc2-c2ccccc2)oc2ccc3ccccc3c12. The van der Waals surface area contributed by atoms with E-state index in [1.165, 1.54) is 0 Å². The molecule has 0 aliphatic heterocycles. The van der Waals surface area contributed by atoms with Gasteiger partial charge < -0.3 is 13.3 Å². The fourth-order valence-electron chi connectivity index (χ4n) is 5.03. The molecule has 39 heavy (non-hydrogen) atoms. The van der Waals surface area contributed by atoms with Crippen molar-refractivity contribution in [3.8, 4) is 11.1 Å². The molecule has 0 fully saturated rings. The van der Waals surface area contributed by atoms with Gasteiger partial charge in [-0.05, 0) is 57.4 Å². The quantitative estimate of drug-likeness (QED) is 0.223. The summed E-state index contributed by atoms with van der Waals surface area (Å²) in [4.78, 5) is 27.4. The van der Waals surface area contributed by atoms with E-state index in [2.05, 4.69) is 0 Å². The van der Waals surface area contributed by atoms with Crippen LogP contribution in [0.5, 0.6) is 0 Å². The van der Waals surface area contributed by atoms with Crippen LogP contribution < -0.4 is 11.3 Å². The normalized spacial score (nSPS) is 11.3. The molecule has 0 N–H and O–H groups in total. The van der Waals surface area contributed by atoms with Gasteiger partial charge in [-0.15, -0.1) is 0 Å². The van der Waals surface area contributed by atoms with Crippen LogP contribution >= 0.6 is 0 Å². The number of hydrogen-bond donors (Lipinski definition) is 0. The first-order valence-corrected chi connectivity index (χ1v) is 12.5. The molecule has 0 spiro atoms. The molecule has 0 unspecified atom stereocenters. The summed E-state index contributed by atoms with van der Waals surface area (Å²) in [6.45, 7) is 0. The van der Waals surface area contributed by atoms with Crippen LogP contribution in [0.1, 0.15) is 0 Å². The monoisotopic (exact) mass is 508 g/mol. The van der Waals surface area contributed by atoms with E-state index in [4.69, 9.17) is 13.3 Å². The molecule has 6 aromatic carbocycles. The molecule has 0 amide bonds. The molecule has 0 saturated carbocycles. The maximum Gasteiger partial charge on any atom is 0.350 e. The molecule has 8 rings (SSSR count). The van der Waals surface area contributed by atoms with Gasteiger partial charge in [-0.1, -0.05) is 91.0 Å². The lowest BCUT2D eigenvalue weighted by atomic mass is 10.0. The number of hydrogen-bond acceptors (Lipinski definition) is 5. The zero-order valence-electron chi connectivity index (χ0n) is 20.6. The highest BCUT2D eigenvalue weighted by Gasteiger charge is 2.11. The standard InChI is InChI=1S/C34H20O5/c35-33-31-25-12-6-4-10-22(25)14-17-29(31)37-24-16-19-28(27(20-24)21-8-2-1-3-9-21)38-30-18-15-23-11-5-7-13-26(23)32(30)34(36)39-33/h1-20H. The highest BCUT2D eigenvalue weighted by atomic mass is 16.4. The van der Waals surface area contributed by atoms with Crippen molar-refractivity contribution in [1.29, 1.82) is 0 Å². The van der Waals surface area contributed by atoms with E-state index >= 15 is 0 Å². The molecule has 0 saturated heterocycles. The van der Waals surface area contributed by atoms with E-state index in [0.717, 1.165) is 21.9 Å². The van der Waals surface area contributed by atoms with Crippen LogP contribution in [0.25, 0.3) is 65.8 Å². The second kappa shape index (κ2) is 9.15. The van der Waals surface area contributed by atoms with Crippen LogP contribution in [0, 0.1) is 0 Å². The third-order valence-corrected chi connectivity index (χ3v) is 6.86. The lowest BCUT2D eigenvalue weighted by Gasteiger charge is -2.05. The smallest absolute Gasteiger partial charge is 0.350 e. The molecule has 8 aromatic rings. The van der Waals surface area contributed by atoms with Gasteiger partial charge in [0.2, 0.25) is 0 Å². The Kier molecular flexibility index (Phi) is 5.34. The van der Waals surface area contributed by atoms with Crippen molar-refractivity contribution in [2.45, 2.75) is 0 Å². The van der Waals surface area contributed by atoms with Gasteiger partial charge in [0.15, 0.2) is 0 Å². The second-order valence-corrected chi connectivity index (χ2v) is 9.22. The third kappa shape index (κ3) is 3.97. The summed E-state index contributed by atoms with van der Waals surface area (Å²) in [7, 11) is 0. The Labute approximate surface area is 221 Å². The molecule has 5 nitrogen and oxygen atoms in total. The van der Waals surface area contributed by atoms with Crippen molar-refractivity contribution in [3.63, 3.8) is 0 Å². The van der Waals surface area contributed by atoms with E-state index < -0.39 is 11.3 Å². The van der Waals surface area contributed by atoms with E-state index in [9.17, 15) is 9.59 Å². The fourth-order valence-corrected chi connectivity index (χ4v) is 5.03. The van der Waals surface area contributed by atoms with Crippen LogP contribution in [-0.2, 0) is 0 Å². The van der Waals surface area contributed by atoms with Gasteiger partial charge in [-0.25, -0.2) is 9.59 Å². The summed E-state index contributed by atoms with van der Waals surface area (Å²) in [5.74, 6) is 0.